The van der Waals surface area contributed by atoms with Gasteiger partial charge < -0.3 is 15.8 Å². The average molecular weight is 231 g/mol. The Bertz CT molecular complexity index is 519. The zero-order chi connectivity index (χ0) is 12.4. The molecule has 0 saturated heterocycles. The minimum atomic E-state index is -0.450. The van der Waals surface area contributed by atoms with Crippen molar-refractivity contribution in [3.8, 4) is 11.3 Å². The fourth-order valence-electron chi connectivity index (χ4n) is 1.77. The number of nitrogens with one attached hydrogen (secondary N) is 1. The van der Waals surface area contributed by atoms with E-state index in [1.807, 2.05) is 0 Å². The number of nitrogens with two attached hydrogens (primary N) is 1. The fraction of sp³-hybridized carbons (Fsp3) is 0.308. The lowest BCUT2D eigenvalue weighted by molar-refractivity contribution is 0.264. The third-order valence-electron chi connectivity index (χ3n) is 2.83. The highest BCUT2D eigenvalue weighted by atomic mass is 16.3. The third-order valence-corrected chi connectivity index (χ3v) is 2.83. The maximum absolute atomic E-state index is 8.98. The third kappa shape index (κ3) is 2.38. The molecule has 4 N–H and O–H groups in total. The van der Waals surface area contributed by atoms with Crippen molar-refractivity contribution in [2.24, 2.45) is 5.73 Å². The Morgan fingerprint density at radius 2 is 2.18 bits per heavy atom. The van der Waals surface area contributed by atoms with Crippen molar-refractivity contribution < 1.29 is 5.11 Å². The van der Waals surface area contributed by atoms with Gasteiger partial charge in [-0.05, 0) is 25.5 Å². The summed E-state index contributed by atoms with van der Waals surface area (Å²) in [6.45, 7) is 4.00. The van der Waals surface area contributed by atoms with E-state index in [1.165, 1.54) is 11.1 Å². The molecule has 2 rings (SSSR count). The van der Waals surface area contributed by atoms with Crippen LogP contribution in [0, 0.1) is 13.8 Å². The maximum atomic E-state index is 8.98. The zero-order valence-corrected chi connectivity index (χ0v) is 10.1. The molecule has 0 bridgehead atoms. The Labute approximate surface area is 101 Å². The molecule has 90 valence electrons. The van der Waals surface area contributed by atoms with Gasteiger partial charge in [-0.15, -0.1) is 0 Å². The molecule has 0 radical (unpaired) electrons. The van der Waals surface area contributed by atoms with E-state index in [9.17, 15) is 0 Å². The molecule has 17 heavy (non-hydrogen) atoms. The van der Waals surface area contributed by atoms with Gasteiger partial charge in [-0.3, -0.25) is 0 Å². The summed E-state index contributed by atoms with van der Waals surface area (Å²) in [7, 11) is 0. The van der Waals surface area contributed by atoms with Gasteiger partial charge in [0.25, 0.3) is 0 Å². The molecule has 1 heterocycles. The van der Waals surface area contributed by atoms with Gasteiger partial charge in [-0.1, -0.05) is 17.7 Å². The van der Waals surface area contributed by atoms with Crippen molar-refractivity contribution in [1.29, 1.82) is 0 Å². The Morgan fingerprint density at radius 3 is 2.88 bits per heavy atom. The average Bonchev–Trinajstić information content (AvgIpc) is 2.80. The second-order valence-electron chi connectivity index (χ2n) is 4.29. The van der Waals surface area contributed by atoms with Crippen LogP contribution in [0.4, 0.5) is 0 Å². The molecule has 0 aliphatic heterocycles. The quantitative estimate of drug-likeness (QED) is 0.752. The first-order chi connectivity index (χ1) is 8.11. The number of aromatic amines is 1. The summed E-state index contributed by atoms with van der Waals surface area (Å²) in [5, 5.41) is 8.98. The summed E-state index contributed by atoms with van der Waals surface area (Å²) in [4.78, 5) is 7.35. The second-order valence-corrected chi connectivity index (χ2v) is 4.29. The van der Waals surface area contributed by atoms with E-state index in [4.69, 9.17) is 10.8 Å². The number of aliphatic hydroxyl groups excluding tert-OH is 1. The normalized spacial score (nSPS) is 12.7. The number of aliphatic hydroxyl groups is 1. The number of aromatic nitrogens is 2. The maximum Gasteiger partial charge on any atom is 0.125 e. The highest BCUT2D eigenvalue weighted by Gasteiger charge is 2.11. The first kappa shape index (κ1) is 11.8. The van der Waals surface area contributed by atoms with E-state index in [0.717, 1.165) is 11.3 Å². The molecule has 0 fully saturated rings. The summed E-state index contributed by atoms with van der Waals surface area (Å²) in [5.41, 5.74) is 10.2. The van der Waals surface area contributed by atoms with Crippen LogP contribution in [0.25, 0.3) is 11.3 Å². The number of imidazole rings is 1. The van der Waals surface area contributed by atoms with E-state index < -0.39 is 6.04 Å². The van der Waals surface area contributed by atoms with Crippen LogP contribution in [0.15, 0.2) is 24.4 Å². The van der Waals surface area contributed by atoms with Crippen LogP contribution in [0.2, 0.25) is 0 Å². The molecule has 0 amide bonds. The van der Waals surface area contributed by atoms with Gasteiger partial charge in [0.05, 0.1) is 24.5 Å². The van der Waals surface area contributed by atoms with Crippen molar-refractivity contribution >= 4 is 0 Å². The molecule has 2 aromatic rings. The summed E-state index contributed by atoms with van der Waals surface area (Å²) < 4.78 is 0. The molecule has 1 aromatic carbocycles. The van der Waals surface area contributed by atoms with Crippen molar-refractivity contribution in [2.45, 2.75) is 19.9 Å². The van der Waals surface area contributed by atoms with E-state index in [-0.39, 0.29) is 6.61 Å². The fourth-order valence-corrected chi connectivity index (χ4v) is 1.77. The summed E-state index contributed by atoms with van der Waals surface area (Å²) in [6.07, 6.45) is 1.76. The molecule has 1 aromatic heterocycles. The molecular formula is C13H17N3O. The van der Waals surface area contributed by atoms with Crippen LogP contribution in [0.5, 0.6) is 0 Å². The summed E-state index contributed by atoms with van der Waals surface area (Å²) >= 11 is 0. The number of nitrogens with zero attached hydrogens (tertiary/aromatic N) is 1. The van der Waals surface area contributed by atoms with Crippen LogP contribution in [0.1, 0.15) is 23.0 Å². The highest BCUT2D eigenvalue weighted by molar-refractivity contribution is 5.63. The second kappa shape index (κ2) is 4.69. The molecule has 4 heteroatoms. The minimum Gasteiger partial charge on any atom is -0.394 e. The van der Waals surface area contributed by atoms with Crippen molar-refractivity contribution in [2.75, 3.05) is 6.61 Å². The van der Waals surface area contributed by atoms with Crippen LogP contribution in [0.3, 0.4) is 0 Å². The SMILES string of the molecule is Cc1ccc(C)c(-c2cnc(C(N)CO)[nH]2)c1. The molecule has 0 aliphatic rings. The van der Waals surface area contributed by atoms with Gasteiger partial charge in [0.1, 0.15) is 5.82 Å². The highest BCUT2D eigenvalue weighted by Crippen LogP contribution is 2.23. The van der Waals surface area contributed by atoms with Crippen molar-refractivity contribution in [3.63, 3.8) is 0 Å². The lowest BCUT2D eigenvalue weighted by Gasteiger charge is -2.06. The lowest BCUT2D eigenvalue weighted by atomic mass is 10.0. The van der Waals surface area contributed by atoms with E-state index in [0.29, 0.717) is 5.82 Å². The Balaban J connectivity index is 2.40. The van der Waals surface area contributed by atoms with Gasteiger partial charge >= 0.3 is 0 Å². The smallest absolute Gasteiger partial charge is 0.125 e. The number of hydrogen-bond donors (Lipinski definition) is 3. The van der Waals surface area contributed by atoms with E-state index in [1.54, 1.807) is 6.20 Å². The van der Waals surface area contributed by atoms with Gasteiger partial charge in [0.15, 0.2) is 0 Å². The van der Waals surface area contributed by atoms with Gasteiger partial charge in [-0.2, -0.15) is 0 Å². The molecule has 4 nitrogen and oxygen atoms in total. The molecule has 0 saturated carbocycles. The minimum absolute atomic E-state index is 0.111. The number of rotatable bonds is 3. The predicted octanol–water partition coefficient (Wildman–Crippen LogP) is 1.69. The topological polar surface area (TPSA) is 74.9 Å². The first-order valence-electron chi connectivity index (χ1n) is 5.60. The van der Waals surface area contributed by atoms with Crippen LogP contribution >= 0.6 is 0 Å². The van der Waals surface area contributed by atoms with Crippen LogP contribution in [-0.2, 0) is 0 Å². The van der Waals surface area contributed by atoms with Gasteiger partial charge in [-0.25, -0.2) is 4.98 Å². The Kier molecular flexibility index (Phi) is 3.26. The number of benzene rings is 1. The molecular weight excluding hydrogens is 214 g/mol. The Morgan fingerprint density at radius 1 is 1.41 bits per heavy atom. The number of hydrogen-bond acceptors (Lipinski definition) is 3. The summed E-state index contributed by atoms with van der Waals surface area (Å²) in [6, 6.07) is 5.82. The molecule has 1 atom stereocenters. The van der Waals surface area contributed by atoms with Gasteiger partial charge in [0, 0.05) is 5.56 Å². The van der Waals surface area contributed by atoms with Gasteiger partial charge in [0.2, 0.25) is 0 Å². The van der Waals surface area contributed by atoms with E-state index in [2.05, 4.69) is 42.0 Å². The van der Waals surface area contributed by atoms with Crippen molar-refractivity contribution in [1.82, 2.24) is 9.97 Å². The Hall–Kier alpha value is -1.65. The number of aryl methyl sites for hydroxylation is 2. The standard InChI is InChI=1S/C13H17N3O/c1-8-3-4-9(2)10(5-8)12-6-15-13(16-12)11(14)7-17/h3-6,11,17H,7,14H2,1-2H3,(H,15,16). The van der Waals surface area contributed by atoms with Crippen LogP contribution < -0.4 is 5.73 Å². The van der Waals surface area contributed by atoms with E-state index >= 15 is 0 Å². The largest absolute Gasteiger partial charge is 0.394 e. The summed E-state index contributed by atoms with van der Waals surface area (Å²) in [5.74, 6) is 0.614. The monoisotopic (exact) mass is 231 g/mol. The predicted molar refractivity (Wildman–Crippen MR) is 67.5 cm³/mol. The van der Waals surface area contributed by atoms with Crippen molar-refractivity contribution in [3.05, 3.63) is 41.3 Å². The lowest BCUT2D eigenvalue weighted by Crippen LogP contribution is -2.15. The number of H-pyrrole nitrogens is 1. The first-order valence-corrected chi connectivity index (χ1v) is 5.60. The molecule has 0 aliphatic carbocycles. The molecule has 0 spiro atoms. The van der Waals surface area contributed by atoms with Crippen LogP contribution in [-0.4, -0.2) is 21.7 Å². The molecule has 1 unspecified atom stereocenters. The zero-order valence-electron chi connectivity index (χ0n) is 10.1.